The third kappa shape index (κ3) is 5.51. The molecular formula is C15H19FN2O4. The number of carbonyl (C=O) groups is 3. The molecule has 22 heavy (non-hydrogen) atoms. The summed E-state index contributed by atoms with van der Waals surface area (Å²) in [5.41, 5.74) is -0.808. The predicted molar refractivity (Wildman–Crippen MR) is 77.8 cm³/mol. The number of benzene rings is 1. The van der Waals surface area contributed by atoms with E-state index in [9.17, 15) is 18.8 Å². The molecule has 0 bridgehead atoms. The lowest BCUT2D eigenvalue weighted by atomic mass is 9.90. The Hall–Kier alpha value is -2.44. The van der Waals surface area contributed by atoms with Crippen LogP contribution in [0.15, 0.2) is 24.3 Å². The number of hydrogen-bond donors (Lipinski definition) is 3. The van der Waals surface area contributed by atoms with Crippen molar-refractivity contribution in [2.45, 2.75) is 20.3 Å². The molecule has 3 N–H and O–H groups in total. The van der Waals surface area contributed by atoms with Gasteiger partial charge in [-0.25, -0.2) is 4.39 Å². The molecule has 6 nitrogen and oxygen atoms in total. The van der Waals surface area contributed by atoms with Crippen LogP contribution in [-0.2, 0) is 9.59 Å². The van der Waals surface area contributed by atoms with E-state index in [-0.39, 0.29) is 25.1 Å². The molecule has 1 rings (SSSR count). The Kier molecular flexibility index (Phi) is 6.03. The van der Waals surface area contributed by atoms with Crippen molar-refractivity contribution in [1.82, 2.24) is 10.6 Å². The van der Waals surface area contributed by atoms with Crippen LogP contribution in [0.25, 0.3) is 0 Å². The third-order valence-corrected chi connectivity index (χ3v) is 3.15. The summed E-state index contributed by atoms with van der Waals surface area (Å²) >= 11 is 0. The average molecular weight is 310 g/mol. The SMILES string of the molecule is CC(C)(CCNC(=O)CNC(=O)c1cccc(F)c1)C(=O)O. The van der Waals surface area contributed by atoms with Gasteiger partial charge in [-0.1, -0.05) is 6.07 Å². The van der Waals surface area contributed by atoms with Crippen molar-refractivity contribution in [3.8, 4) is 0 Å². The average Bonchev–Trinajstić information content (AvgIpc) is 2.44. The van der Waals surface area contributed by atoms with Crippen molar-refractivity contribution in [1.29, 1.82) is 0 Å². The van der Waals surface area contributed by atoms with Gasteiger partial charge in [0.05, 0.1) is 12.0 Å². The van der Waals surface area contributed by atoms with Crippen LogP contribution >= 0.6 is 0 Å². The minimum atomic E-state index is -0.943. The molecule has 1 aromatic rings. The number of carbonyl (C=O) groups excluding carboxylic acids is 2. The quantitative estimate of drug-likeness (QED) is 0.704. The van der Waals surface area contributed by atoms with Gasteiger partial charge in [0.1, 0.15) is 5.82 Å². The van der Waals surface area contributed by atoms with Crippen LogP contribution in [-0.4, -0.2) is 36.0 Å². The van der Waals surface area contributed by atoms with Crippen LogP contribution in [0.4, 0.5) is 4.39 Å². The second kappa shape index (κ2) is 7.53. The fraction of sp³-hybridized carbons (Fsp3) is 0.400. The second-order valence-corrected chi connectivity index (χ2v) is 5.48. The highest BCUT2D eigenvalue weighted by atomic mass is 19.1. The van der Waals surface area contributed by atoms with Gasteiger partial charge in [-0.05, 0) is 38.5 Å². The van der Waals surface area contributed by atoms with Crippen molar-refractivity contribution in [2.24, 2.45) is 5.41 Å². The van der Waals surface area contributed by atoms with Gasteiger partial charge in [-0.3, -0.25) is 14.4 Å². The highest BCUT2D eigenvalue weighted by molar-refractivity contribution is 5.96. The first-order valence-corrected chi connectivity index (χ1v) is 6.76. The second-order valence-electron chi connectivity index (χ2n) is 5.48. The molecule has 0 aliphatic heterocycles. The van der Waals surface area contributed by atoms with E-state index >= 15 is 0 Å². The molecule has 0 aromatic heterocycles. The van der Waals surface area contributed by atoms with Crippen LogP contribution in [0.2, 0.25) is 0 Å². The van der Waals surface area contributed by atoms with Gasteiger partial charge in [0.25, 0.3) is 5.91 Å². The van der Waals surface area contributed by atoms with E-state index < -0.39 is 29.0 Å². The number of hydrogen-bond acceptors (Lipinski definition) is 3. The van der Waals surface area contributed by atoms with Crippen LogP contribution < -0.4 is 10.6 Å². The van der Waals surface area contributed by atoms with Crippen LogP contribution in [0.1, 0.15) is 30.6 Å². The standard InChI is InChI=1S/C15H19FN2O4/c1-15(2,14(21)22)6-7-17-12(19)9-18-13(20)10-4-3-5-11(16)8-10/h3-5,8H,6-7,9H2,1-2H3,(H,17,19)(H,18,20)(H,21,22). The van der Waals surface area contributed by atoms with Crippen molar-refractivity contribution in [3.63, 3.8) is 0 Å². The van der Waals surface area contributed by atoms with Crippen molar-refractivity contribution in [2.75, 3.05) is 13.1 Å². The zero-order chi connectivity index (χ0) is 16.8. The molecule has 0 aliphatic carbocycles. The minimum Gasteiger partial charge on any atom is -0.481 e. The molecule has 7 heteroatoms. The number of halogens is 1. The van der Waals surface area contributed by atoms with Gasteiger partial charge < -0.3 is 15.7 Å². The summed E-state index contributed by atoms with van der Waals surface area (Å²) in [5, 5.41) is 13.8. The van der Waals surface area contributed by atoms with Gasteiger partial charge in [-0.15, -0.1) is 0 Å². The summed E-state index contributed by atoms with van der Waals surface area (Å²) in [6.45, 7) is 3.05. The topological polar surface area (TPSA) is 95.5 Å². The molecule has 0 spiro atoms. The Morgan fingerprint density at radius 3 is 2.50 bits per heavy atom. The molecule has 120 valence electrons. The number of aliphatic carboxylic acids is 1. The van der Waals surface area contributed by atoms with E-state index in [1.54, 1.807) is 13.8 Å². The van der Waals surface area contributed by atoms with E-state index in [0.29, 0.717) is 0 Å². The summed E-state index contributed by atoms with van der Waals surface area (Å²) < 4.78 is 13.0. The summed E-state index contributed by atoms with van der Waals surface area (Å²) in [4.78, 5) is 34.1. The first kappa shape index (κ1) is 17.6. The molecule has 2 amide bonds. The lowest BCUT2D eigenvalue weighted by Gasteiger charge is -2.18. The van der Waals surface area contributed by atoms with Crippen molar-refractivity contribution >= 4 is 17.8 Å². The van der Waals surface area contributed by atoms with E-state index in [1.807, 2.05) is 0 Å². The first-order chi connectivity index (χ1) is 10.2. The van der Waals surface area contributed by atoms with Crippen molar-refractivity contribution < 1.29 is 23.9 Å². The van der Waals surface area contributed by atoms with Crippen LogP contribution in [0.5, 0.6) is 0 Å². The largest absolute Gasteiger partial charge is 0.481 e. The lowest BCUT2D eigenvalue weighted by molar-refractivity contribution is -0.147. The van der Waals surface area contributed by atoms with Crippen LogP contribution in [0.3, 0.4) is 0 Å². The van der Waals surface area contributed by atoms with Gasteiger partial charge in [0.15, 0.2) is 0 Å². The predicted octanol–water partition coefficient (Wildman–Crippen LogP) is 1.17. The first-order valence-electron chi connectivity index (χ1n) is 6.76. The number of amides is 2. The molecule has 0 atom stereocenters. The molecular weight excluding hydrogens is 291 g/mol. The molecule has 0 saturated heterocycles. The monoisotopic (exact) mass is 310 g/mol. The van der Waals surface area contributed by atoms with Gasteiger partial charge >= 0.3 is 5.97 Å². The smallest absolute Gasteiger partial charge is 0.309 e. The Labute approximate surface area is 127 Å². The number of carboxylic acids is 1. The molecule has 0 fully saturated rings. The number of nitrogens with one attached hydrogen (secondary N) is 2. The fourth-order valence-corrected chi connectivity index (χ4v) is 1.58. The Bertz CT molecular complexity index is 572. The van der Waals surface area contributed by atoms with Gasteiger partial charge in [0, 0.05) is 12.1 Å². The van der Waals surface area contributed by atoms with Crippen molar-refractivity contribution in [3.05, 3.63) is 35.6 Å². The highest BCUT2D eigenvalue weighted by Gasteiger charge is 2.26. The molecule has 0 heterocycles. The Morgan fingerprint density at radius 2 is 1.91 bits per heavy atom. The molecule has 0 unspecified atom stereocenters. The van der Waals surface area contributed by atoms with E-state index in [2.05, 4.69) is 10.6 Å². The Morgan fingerprint density at radius 1 is 1.23 bits per heavy atom. The molecule has 0 radical (unpaired) electrons. The van der Waals surface area contributed by atoms with E-state index in [0.717, 1.165) is 6.07 Å². The number of carboxylic acid groups (broad SMARTS) is 1. The summed E-state index contributed by atoms with van der Waals surface area (Å²) in [7, 11) is 0. The zero-order valence-electron chi connectivity index (χ0n) is 12.5. The maximum atomic E-state index is 13.0. The normalized spacial score (nSPS) is 10.9. The molecule has 0 aliphatic rings. The maximum absolute atomic E-state index is 13.0. The van der Waals surface area contributed by atoms with Gasteiger partial charge in [0.2, 0.25) is 5.91 Å². The van der Waals surface area contributed by atoms with Crippen LogP contribution in [0, 0.1) is 11.2 Å². The third-order valence-electron chi connectivity index (χ3n) is 3.15. The van der Waals surface area contributed by atoms with E-state index in [4.69, 9.17) is 5.11 Å². The fourth-order valence-electron chi connectivity index (χ4n) is 1.58. The maximum Gasteiger partial charge on any atom is 0.309 e. The lowest BCUT2D eigenvalue weighted by Crippen LogP contribution is -2.39. The number of rotatable bonds is 7. The summed E-state index contributed by atoms with van der Waals surface area (Å²) in [6.07, 6.45) is 0.270. The minimum absolute atomic E-state index is 0.125. The zero-order valence-corrected chi connectivity index (χ0v) is 12.5. The summed E-state index contributed by atoms with van der Waals surface area (Å²) in [5.74, 6) is -2.47. The summed E-state index contributed by atoms with van der Waals surface area (Å²) in [6, 6.07) is 5.13. The molecule has 1 aromatic carbocycles. The highest BCUT2D eigenvalue weighted by Crippen LogP contribution is 2.19. The Balaban J connectivity index is 2.35. The van der Waals surface area contributed by atoms with Gasteiger partial charge in [-0.2, -0.15) is 0 Å². The molecule has 0 saturated carbocycles. The van der Waals surface area contributed by atoms with E-state index in [1.165, 1.54) is 18.2 Å².